The fraction of sp³-hybridized carbons (Fsp3) is 0.0526. The van der Waals surface area contributed by atoms with Gasteiger partial charge in [0.1, 0.15) is 0 Å². The van der Waals surface area contributed by atoms with E-state index in [4.69, 9.17) is 11.6 Å². The topological polar surface area (TPSA) is 88.2 Å². The smallest absolute Gasteiger partial charge is 0.261 e. The summed E-state index contributed by atoms with van der Waals surface area (Å²) in [5.74, 6) is -0.348. The van der Waals surface area contributed by atoms with Crippen LogP contribution in [-0.2, 0) is 16.6 Å². The lowest BCUT2D eigenvalue weighted by Crippen LogP contribution is -2.23. The number of carbonyl (C=O) groups is 1. The summed E-state index contributed by atoms with van der Waals surface area (Å²) in [6, 6.07) is 16.7. The predicted octanol–water partition coefficient (Wildman–Crippen LogP) is 3.47. The summed E-state index contributed by atoms with van der Waals surface area (Å²) in [7, 11) is -3.81. The molecule has 138 valence electrons. The summed E-state index contributed by atoms with van der Waals surface area (Å²) in [5, 5.41) is 3.21. The molecule has 3 rings (SSSR count). The fourth-order valence-corrected chi connectivity index (χ4v) is 3.49. The lowest BCUT2D eigenvalue weighted by molar-refractivity contribution is 0.0950. The minimum Gasteiger partial charge on any atom is -0.348 e. The van der Waals surface area contributed by atoms with Crippen LogP contribution in [0.4, 0.5) is 5.69 Å². The lowest BCUT2D eigenvalue weighted by Gasteiger charge is -2.10. The van der Waals surface area contributed by atoms with Crippen molar-refractivity contribution in [2.45, 2.75) is 11.4 Å². The van der Waals surface area contributed by atoms with Crippen LogP contribution in [0.1, 0.15) is 15.9 Å². The maximum absolute atomic E-state index is 12.4. The van der Waals surface area contributed by atoms with E-state index in [0.717, 1.165) is 5.56 Å². The van der Waals surface area contributed by atoms with Gasteiger partial charge in [0.2, 0.25) is 0 Å². The monoisotopic (exact) mass is 401 g/mol. The molecule has 2 aromatic carbocycles. The van der Waals surface area contributed by atoms with Gasteiger partial charge in [0, 0.05) is 17.8 Å². The van der Waals surface area contributed by atoms with Crippen molar-refractivity contribution in [1.82, 2.24) is 10.3 Å². The van der Waals surface area contributed by atoms with E-state index in [1.54, 1.807) is 0 Å². The molecular weight excluding hydrogens is 386 g/mol. The molecule has 8 heteroatoms. The number of nitrogens with zero attached hydrogens (tertiary/aromatic N) is 1. The molecule has 1 heterocycles. The lowest BCUT2D eigenvalue weighted by atomic mass is 10.2. The molecule has 2 N–H and O–H groups in total. The van der Waals surface area contributed by atoms with Crippen LogP contribution < -0.4 is 10.0 Å². The van der Waals surface area contributed by atoms with Crippen molar-refractivity contribution in [2.75, 3.05) is 4.72 Å². The number of amides is 1. The number of rotatable bonds is 6. The van der Waals surface area contributed by atoms with Gasteiger partial charge in [-0.15, -0.1) is 0 Å². The highest BCUT2D eigenvalue weighted by atomic mass is 35.5. The number of sulfonamides is 1. The third-order valence-electron chi connectivity index (χ3n) is 3.67. The third kappa shape index (κ3) is 5.06. The number of nitrogens with one attached hydrogen (secondary N) is 2. The zero-order valence-corrected chi connectivity index (χ0v) is 15.7. The molecule has 27 heavy (non-hydrogen) atoms. The summed E-state index contributed by atoms with van der Waals surface area (Å²) < 4.78 is 27.3. The van der Waals surface area contributed by atoms with Crippen LogP contribution in [0.5, 0.6) is 0 Å². The van der Waals surface area contributed by atoms with E-state index in [2.05, 4.69) is 15.0 Å². The molecule has 0 saturated heterocycles. The van der Waals surface area contributed by atoms with Crippen molar-refractivity contribution < 1.29 is 13.2 Å². The van der Waals surface area contributed by atoms with Crippen LogP contribution in [-0.4, -0.2) is 19.3 Å². The van der Waals surface area contributed by atoms with Gasteiger partial charge in [0.15, 0.2) is 0 Å². The highest BCUT2D eigenvalue weighted by Crippen LogP contribution is 2.18. The van der Waals surface area contributed by atoms with Crippen molar-refractivity contribution in [3.05, 3.63) is 89.2 Å². The Kier molecular flexibility index (Phi) is 5.73. The number of hydrogen-bond donors (Lipinski definition) is 2. The van der Waals surface area contributed by atoms with Gasteiger partial charge in [0.05, 0.1) is 22.3 Å². The molecule has 0 unspecified atom stereocenters. The van der Waals surface area contributed by atoms with Gasteiger partial charge in [0.25, 0.3) is 15.9 Å². The molecule has 0 aliphatic rings. The molecule has 0 aliphatic heterocycles. The van der Waals surface area contributed by atoms with Gasteiger partial charge in [-0.25, -0.2) is 8.42 Å². The second kappa shape index (κ2) is 8.20. The average molecular weight is 402 g/mol. The maximum Gasteiger partial charge on any atom is 0.261 e. The molecule has 0 fully saturated rings. The van der Waals surface area contributed by atoms with E-state index in [9.17, 15) is 13.2 Å². The minimum absolute atomic E-state index is 0.0610. The summed E-state index contributed by atoms with van der Waals surface area (Å²) in [6.07, 6.45) is 2.71. The van der Waals surface area contributed by atoms with Crippen LogP contribution >= 0.6 is 11.6 Å². The number of aromatic nitrogens is 1. The molecule has 6 nitrogen and oxygen atoms in total. The van der Waals surface area contributed by atoms with Gasteiger partial charge >= 0.3 is 0 Å². The van der Waals surface area contributed by atoms with Crippen molar-refractivity contribution in [3.8, 4) is 0 Å². The Balaban J connectivity index is 1.71. The summed E-state index contributed by atoms with van der Waals surface area (Å²) in [6.45, 7) is 0.362. The van der Waals surface area contributed by atoms with Crippen molar-refractivity contribution in [2.24, 2.45) is 0 Å². The summed E-state index contributed by atoms with van der Waals surface area (Å²) in [5.41, 5.74) is 1.40. The van der Waals surface area contributed by atoms with Crippen LogP contribution in [0.15, 0.2) is 78.0 Å². The van der Waals surface area contributed by atoms with Crippen LogP contribution in [0.2, 0.25) is 5.02 Å². The van der Waals surface area contributed by atoms with E-state index in [1.807, 2.05) is 30.3 Å². The highest BCUT2D eigenvalue weighted by molar-refractivity contribution is 7.92. The van der Waals surface area contributed by atoms with E-state index in [-0.39, 0.29) is 22.1 Å². The molecule has 0 spiro atoms. The number of hydrogen-bond acceptors (Lipinski definition) is 4. The minimum atomic E-state index is -3.81. The first kappa shape index (κ1) is 18.9. The van der Waals surface area contributed by atoms with E-state index >= 15 is 0 Å². The summed E-state index contributed by atoms with van der Waals surface area (Å²) >= 11 is 5.78. The summed E-state index contributed by atoms with van der Waals surface area (Å²) in [4.78, 5) is 16.3. The number of benzene rings is 2. The van der Waals surface area contributed by atoms with Gasteiger partial charge in [-0.1, -0.05) is 41.9 Å². The number of carbonyl (C=O) groups excluding carboxylic acids is 1. The molecule has 3 aromatic rings. The predicted molar refractivity (Wildman–Crippen MR) is 104 cm³/mol. The molecular formula is C19H16ClN3O3S. The molecule has 0 radical (unpaired) electrons. The molecule has 0 atom stereocenters. The van der Waals surface area contributed by atoms with Crippen LogP contribution in [0.25, 0.3) is 0 Å². The molecule has 0 aliphatic carbocycles. The van der Waals surface area contributed by atoms with Crippen molar-refractivity contribution >= 4 is 33.2 Å². The second-order valence-electron chi connectivity index (χ2n) is 5.69. The Bertz CT molecular complexity index is 1040. The molecule has 0 bridgehead atoms. The number of pyridine rings is 1. The Labute approximate surface area is 162 Å². The zero-order valence-electron chi connectivity index (χ0n) is 14.1. The van der Waals surface area contributed by atoms with Crippen molar-refractivity contribution in [1.29, 1.82) is 0 Å². The number of halogens is 1. The molecule has 0 saturated carbocycles. The standard InChI is InChI=1S/C19H16ClN3O3S/c20-16-6-8-18(9-7-16)27(25,26)23-17-10-15(12-21-13-17)19(24)22-11-14-4-2-1-3-5-14/h1-10,12-13,23H,11H2,(H,22,24). The zero-order chi connectivity index (χ0) is 19.3. The SMILES string of the molecule is O=C(NCc1ccccc1)c1cncc(NS(=O)(=O)c2ccc(Cl)cc2)c1. The Morgan fingerprint density at radius 2 is 1.70 bits per heavy atom. The second-order valence-corrected chi connectivity index (χ2v) is 7.81. The van der Waals surface area contributed by atoms with Gasteiger partial charge in [-0.05, 0) is 35.9 Å². The normalized spacial score (nSPS) is 11.0. The first-order chi connectivity index (χ1) is 12.9. The van der Waals surface area contributed by atoms with E-state index in [0.29, 0.717) is 11.6 Å². The fourth-order valence-electron chi connectivity index (χ4n) is 2.33. The van der Waals surface area contributed by atoms with Crippen molar-refractivity contribution in [3.63, 3.8) is 0 Å². The van der Waals surface area contributed by atoms with E-state index in [1.165, 1.54) is 42.7 Å². The Morgan fingerprint density at radius 3 is 2.41 bits per heavy atom. The number of anilines is 1. The van der Waals surface area contributed by atoms with Crippen LogP contribution in [0.3, 0.4) is 0 Å². The van der Waals surface area contributed by atoms with Gasteiger partial charge < -0.3 is 5.32 Å². The Hall–Kier alpha value is -2.90. The van der Waals surface area contributed by atoms with Gasteiger partial charge in [-0.2, -0.15) is 0 Å². The third-order valence-corrected chi connectivity index (χ3v) is 5.32. The maximum atomic E-state index is 12.4. The highest BCUT2D eigenvalue weighted by Gasteiger charge is 2.15. The van der Waals surface area contributed by atoms with E-state index < -0.39 is 10.0 Å². The Morgan fingerprint density at radius 1 is 1.00 bits per heavy atom. The quantitative estimate of drug-likeness (QED) is 0.662. The first-order valence-corrected chi connectivity index (χ1v) is 9.86. The average Bonchev–Trinajstić information content (AvgIpc) is 2.67. The van der Waals surface area contributed by atoms with Crippen LogP contribution in [0, 0.1) is 0 Å². The molecule has 1 aromatic heterocycles. The van der Waals surface area contributed by atoms with Gasteiger partial charge in [-0.3, -0.25) is 14.5 Å². The first-order valence-electron chi connectivity index (χ1n) is 7.99. The molecule has 1 amide bonds. The largest absolute Gasteiger partial charge is 0.348 e.